The molecule has 0 unspecified atom stereocenters. The van der Waals surface area contributed by atoms with E-state index >= 15 is 0 Å². The summed E-state index contributed by atoms with van der Waals surface area (Å²) < 4.78 is 0. The average molecular weight is 264 g/mol. The lowest BCUT2D eigenvalue weighted by Crippen LogP contribution is -2.34. The SMILES string of the molecule is CCCCN(CCO)CC1(CBr)CC1. The van der Waals surface area contributed by atoms with E-state index in [-0.39, 0.29) is 0 Å². The van der Waals surface area contributed by atoms with Gasteiger partial charge < -0.3 is 10.0 Å². The van der Waals surface area contributed by atoms with E-state index in [1.54, 1.807) is 0 Å². The molecule has 1 aliphatic carbocycles. The molecule has 1 rings (SSSR count). The van der Waals surface area contributed by atoms with Gasteiger partial charge in [-0.15, -0.1) is 0 Å². The molecule has 1 saturated carbocycles. The molecular formula is C11H22BrNO. The van der Waals surface area contributed by atoms with E-state index in [2.05, 4.69) is 27.8 Å². The molecule has 0 aliphatic heterocycles. The molecule has 1 aliphatic rings. The van der Waals surface area contributed by atoms with E-state index in [4.69, 9.17) is 5.11 Å². The van der Waals surface area contributed by atoms with Gasteiger partial charge in [0, 0.05) is 18.4 Å². The number of nitrogens with zero attached hydrogens (tertiary/aromatic N) is 1. The molecule has 0 saturated heterocycles. The summed E-state index contributed by atoms with van der Waals surface area (Å²) in [6.45, 7) is 5.66. The van der Waals surface area contributed by atoms with Crippen LogP contribution in [0.25, 0.3) is 0 Å². The number of alkyl halides is 1. The Labute approximate surface area is 95.8 Å². The second-order valence-electron chi connectivity index (χ2n) is 4.49. The molecule has 0 heterocycles. The summed E-state index contributed by atoms with van der Waals surface area (Å²) in [5.74, 6) is 0. The van der Waals surface area contributed by atoms with Crippen molar-refractivity contribution < 1.29 is 5.11 Å². The maximum atomic E-state index is 8.97. The summed E-state index contributed by atoms with van der Waals surface area (Å²) in [5, 5.41) is 10.1. The van der Waals surface area contributed by atoms with Gasteiger partial charge in [-0.05, 0) is 31.2 Å². The highest BCUT2D eigenvalue weighted by molar-refractivity contribution is 9.09. The highest BCUT2D eigenvalue weighted by Gasteiger charge is 2.42. The van der Waals surface area contributed by atoms with Crippen molar-refractivity contribution in [3.05, 3.63) is 0 Å². The van der Waals surface area contributed by atoms with Crippen LogP contribution in [0.2, 0.25) is 0 Å². The number of rotatable bonds is 8. The average Bonchev–Trinajstić information content (AvgIpc) is 2.95. The van der Waals surface area contributed by atoms with Gasteiger partial charge in [0.2, 0.25) is 0 Å². The van der Waals surface area contributed by atoms with Crippen LogP contribution in [0, 0.1) is 5.41 Å². The third-order valence-electron chi connectivity index (χ3n) is 3.04. The van der Waals surface area contributed by atoms with Crippen molar-refractivity contribution in [1.29, 1.82) is 0 Å². The number of halogens is 1. The Morgan fingerprint density at radius 1 is 1.36 bits per heavy atom. The van der Waals surface area contributed by atoms with Crippen LogP contribution < -0.4 is 0 Å². The lowest BCUT2D eigenvalue weighted by Gasteiger charge is -2.25. The summed E-state index contributed by atoms with van der Waals surface area (Å²) in [4.78, 5) is 2.41. The van der Waals surface area contributed by atoms with Gasteiger partial charge in [0.1, 0.15) is 0 Å². The first-order valence-electron chi connectivity index (χ1n) is 5.65. The molecule has 0 aromatic carbocycles. The van der Waals surface area contributed by atoms with E-state index in [1.807, 2.05) is 0 Å². The Hall–Kier alpha value is 0.400. The van der Waals surface area contributed by atoms with Crippen LogP contribution >= 0.6 is 15.9 Å². The van der Waals surface area contributed by atoms with Gasteiger partial charge in [-0.2, -0.15) is 0 Å². The Morgan fingerprint density at radius 3 is 2.50 bits per heavy atom. The molecule has 84 valence electrons. The number of hydrogen-bond acceptors (Lipinski definition) is 2. The predicted molar refractivity (Wildman–Crippen MR) is 63.9 cm³/mol. The maximum Gasteiger partial charge on any atom is 0.0558 e. The minimum absolute atomic E-state index is 0.294. The number of aliphatic hydroxyl groups is 1. The van der Waals surface area contributed by atoms with Crippen LogP contribution in [-0.4, -0.2) is 41.6 Å². The van der Waals surface area contributed by atoms with Crippen LogP contribution in [-0.2, 0) is 0 Å². The molecule has 0 radical (unpaired) electrons. The summed E-state index contributed by atoms with van der Waals surface area (Å²) in [7, 11) is 0. The highest BCUT2D eigenvalue weighted by atomic mass is 79.9. The molecule has 0 spiro atoms. The van der Waals surface area contributed by atoms with Gasteiger partial charge in [0.25, 0.3) is 0 Å². The fourth-order valence-electron chi connectivity index (χ4n) is 1.78. The van der Waals surface area contributed by atoms with Crippen molar-refractivity contribution in [2.75, 3.05) is 31.6 Å². The topological polar surface area (TPSA) is 23.5 Å². The first kappa shape index (κ1) is 12.5. The fraction of sp³-hybridized carbons (Fsp3) is 1.00. The standard InChI is InChI=1S/C11H22BrNO/c1-2-3-6-13(7-8-14)10-11(9-12)4-5-11/h14H,2-10H2,1H3. The molecule has 1 N–H and O–H groups in total. The van der Waals surface area contributed by atoms with Crippen molar-refractivity contribution in [3.8, 4) is 0 Å². The predicted octanol–water partition coefficient (Wildman–Crippen LogP) is 2.26. The number of hydrogen-bond donors (Lipinski definition) is 1. The smallest absolute Gasteiger partial charge is 0.0558 e. The summed E-state index contributed by atoms with van der Waals surface area (Å²) in [6, 6.07) is 0. The third kappa shape index (κ3) is 3.87. The van der Waals surface area contributed by atoms with Crippen molar-refractivity contribution in [2.24, 2.45) is 5.41 Å². The minimum Gasteiger partial charge on any atom is -0.395 e. The van der Waals surface area contributed by atoms with E-state index in [9.17, 15) is 0 Å². The molecule has 0 aromatic heterocycles. The second-order valence-corrected chi connectivity index (χ2v) is 5.05. The molecular weight excluding hydrogens is 242 g/mol. The molecule has 0 amide bonds. The van der Waals surface area contributed by atoms with E-state index in [1.165, 1.54) is 32.2 Å². The van der Waals surface area contributed by atoms with Crippen molar-refractivity contribution in [2.45, 2.75) is 32.6 Å². The van der Waals surface area contributed by atoms with E-state index < -0.39 is 0 Å². The largest absolute Gasteiger partial charge is 0.395 e. The van der Waals surface area contributed by atoms with E-state index in [0.717, 1.165) is 18.4 Å². The Balaban J connectivity index is 2.27. The molecule has 0 aromatic rings. The Morgan fingerprint density at radius 2 is 2.07 bits per heavy atom. The number of aliphatic hydroxyl groups excluding tert-OH is 1. The molecule has 1 fully saturated rings. The lowest BCUT2D eigenvalue weighted by atomic mass is 10.1. The second kappa shape index (κ2) is 6.09. The molecule has 14 heavy (non-hydrogen) atoms. The molecule has 0 atom stereocenters. The van der Waals surface area contributed by atoms with Gasteiger partial charge in [0.15, 0.2) is 0 Å². The summed E-state index contributed by atoms with van der Waals surface area (Å²) in [5.41, 5.74) is 0.545. The minimum atomic E-state index is 0.294. The van der Waals surface area contributed by atoms with Crippen molar-refractivity contribution >= 4 is 15.9 Å². The fourth-order valence-corrected chi connectivity index (χ4v) is 2.52. The molecule has 3 heteroatoms. The monoisotopic (exact) mass is 263 g/mol. The Kier molecular flexibility index (Phi) is 5.42. The summed E-state index contributed by atoms with van der Waals surface area (Å²) in [6.07, 6.45) is 5.19. The summed E-state index contributed by atoms with van der Waals surface area (Å²) >= 11 is 3.59. The number of unbranched alkanes of at least 4 members (excludes halogenated alkanes) is 1. The van der Waals surface area contributed by atoms with Crippen LogP contribution in [0.15, 0.2) is 0 Å². The quantitative estimate of drug-likeness (QED) is 0.680. The van der Waals surface area contributed by atoms with Gasteiger partial charge in [-0.3, -0.25) is 0 Å². The van der Waals surface area contributed by atoms with Crippen LogP contribution in [0.4, 0.5) is 0 Å². The van der Waals surface area contributed by atoms with Crippen molar-refractivity contribution in [3.63, 3.8) is 0 Å². The Bertz CT molecular complexity index is 159. The molecule has 2 nitrogen and oxygen atoms in total. The zero-order valence-electron chi connectivity index (χ0n) is 9.14. The van der Waals surface area contributed by atoms with E-state index in [0.29, 0.717) is 12.0 Å². The zero-order valence-corrected chi connectivity index (χ0v) is 10.7. The van der Waals surface area contributed by atoms with Crippen molar-refractivity contribution in [1.82, 2.24) is 4.90 Å². The first-order valence-corrected chi connectivity index (χ1v) is 6.77. The van der Waals surface area contributed by atoms with Gasteiger partial charge >= 0.3 is 0 Å². The van der Waals surface area contributed by atoms with Gasteiger partial charge in [-0.25, -0.2) is 0 Å². The first-order chi connectivity index (χ1) is 6.76. The van der Waals surface area contributed by atoms with Gasteiger partial charge in [0.05, 0.1) is 6.61 Å². The maximum absolute atomic E-state index is 8.97. The zero-order chi connectivity index (χ0) is 10.4. The highest BCUT2D eigenvalue weighted by Crippen LogP contribution is 2.47. The molecule has 0 bridgehead atoms. The van der Waals surface area contributed by atoms with Crippen LogP contribution in [0.5, 0.6) is 0 Å². The van der Waals surface area contributed by atoms with Gasteiger partial charge in [-0.1, -0.05) is 29.3 Å². The van der Waals surface area contributed by atoms with Crippen LogP contribution in [0.3, 0.4) is 0 Å². The lowest BCUT2D eigenvalue weighted by molar-refractivity contribution is 0.172. The third-order valence-corrected chi connectivity index (χ3v) is 4.23. The normalized spacial score (nSPS) is 18.9. The van der Waals surface area contributed by atoms with Crippen LogP contribution in [0.1, 0.15) is 32.6 Å².